The largest absolute Gasteiger partial charge is 0.366 e. The molecule has 1 aromatic heterocycles. The maximum atomic E-state index is 12.9. The monoisotopic (exact) mass is 423 g/mol. The van der Waals surface area contributed by atoms with E-state index in [0.717, 1.165) is 11.1 Å². The number of nitrogens with one attached hydrogen (secondary N) is 2. The predicted molar refractivity (Wildman–Crippen MR) is 113 cm³/mol. The van der Waals surface area contributed by atoms with Crippen molar-refractivity contribution in [2.24, 2.45) is 5.73 Å². The van der Waals surface area contributed by atoms with Gasteiger partial charge in [0.05, 0.1) is 12.1 Å². The summed E-state index contributed by atoms with van der Waals surface area (Å²) < 4.78 is 1.54. The molecule has 0 bridgehead atoms. The lowest BCUT2D eigenvalue weighted by molar-refractivity contribution is -0.125. The number of halogens is 1. The number of benzene rings is 2. The van der Waals surface area contributed by atoms with E-state index in [1.54, 1.807) is 24.3 Å². The van der Waals surface area contributed by atoms with Gasteiger partial charge in [0.1, 0.15) is 11.9 Å². The van der Waals surface area contributed by atoms with E-state index in [-0.39, 0.29) is 18.2 Å². The molecule has 2 aromatic carbocycles. The molecule has 1 aliphatic heterocycles. The molecule has 3 amide bonds. The minimum absolute atomic E-state index is 0.0423. The summed E-state index contributed by atoms with van der Waals surface area (Å²) in [6.07, 6.45) is -0.0423. The third kappa shape index (κ3) is 3.65. The first-order valence-corrected chi connectivity index (χ1v) is 9.57. The maximum absolute atomic E-state index is 12.9. The number of nitrogens with zero attached hydrogens (tertiary/aromatic N) is 2. The lowest BCUT2D eigenvalue weighted by Crippen LogP contribution is -2.35. The van der Waals surface area contributed by atoms with Gasteiger partial charge in [-0.25, -0.2) is 4.68 Å². The van der Waals surface area contributed by atoms with E-state index in [9.17, 15) is 14.4 Å². The van der Waals surface area contributed by atoms with Crippen LogP contribution < -0.4 is 16.4 Å². The van der Waals surface area contributed by atoms with Crippen LogP contribution in [-0.4, -0.2) is 27.5 Å². The van der Waals surface area contributed by atoms with Gasteiger partial charge in [-0.15, -0.1) is 0 Å². The first kappa shape index (κ1) is 19.7. The number of hydrogen-bond donors (Lipinski definition) is 3. The normalized spacial score (nSPS) is 15.3. The van der Waals surface area contributed by atoms with Crippen molar-refractivity contribution in [2.75, 3.05) is 10.6 Å². The Morgan fingerprint density at radius 3 is 2.47 bits per heavy atom. The number of anilines is 2. The number of carbonyl (C=O) groups is 3. The highest BCUT2D eigenvalue weighted by Gasteiger charge is 2.34. The summed E-state index contributed by atoms with van der Waals surface area (Å²) >= 11 is 5.97. The van der Waals surface area contributed by atoms with Crippen LogP contribution in [-0.2, 0) is 9.59 Å². The lowest BCUT2D eigenvalue weighted by atomic mass is 10.1. The van der Waals surface area contributed by atoms with Crippen molar-refractivity contribution in [2.45, 2.75) is 19.4 Å². The molecule has 9 heteroatoms. The van der Waals surface area contributed by atoms with Gasteiger partial charge >= 0.3 is 0 Å². The molecule has 2 heterocycles. The summed E-state index contributed by atoms with van der Waals surface area (Å²) in [4.78, 5) is 36.4. The van der Waals surface area contributed by atoms with Gasteiger partial charge in [0.2, 0.25) is 17.7 Å². The summed E-state index contributed by atoms with van der Waals surface area (Å²) in [5.74, 6) is -0.718. The Bertz CT molecular complexity index is 1150. The molecule has 152 valence electrons. The molecular formula is C21H18ClN5O3. The predicted octanol–water partition coefficient (Wildman–Crippen LogP) is 3.13. The zero-order valence-electron chi connectivity index (χ0n) is 16.0. The Kier molecular flexibility index (Phi) is 5.01. The number of rotatable bonds is 4. The number of hydrogen-bond acceptors (Lipinski definition) is 4. The van der Waals surface area contributed by atoms with Crippen molar-refractivity contribution in [1.29, 1.82) is 0 Å². The second-order valence-electron chi connectivity index (χ2n) is 6.97. The highest BCUT2D eigenvalue weighted by atomic mass is 35.5. The summed E-state index contributed by atoms with van der Waals surface area (Å²) in [5, 5.41) is 10.8. The number of primary amides is 1. The van der Waals surface area contributed by atoms with Gasteiger partial charge < -0.3 is 16.4 Å². The second-order valence-corrected chi connectivity index (χ2v) is 7.41. The highest BCUT2D eigenvalue weighted by molar-refractivity contribution is 6.30. The standard InChI is InChI=1S/C21H18ClN5O3/c1-11-18(12-2-6-14(22)7-3-12)26-27-16(10-17(28)25-20(11)27)21(30)24-15-8-4-13(5-9-15)19(23)29/h2-9,16H,10H2,1H3,(H2,23,29)(H,24,30)(H,25,28)/t16-/m0/s1. The molecule has 1 atom stereocenters. The fourth-order valence-electron chi connectivity index (χ4n) is 3.37. The van der Waals surface area contributed by atoms with E-state index in [1.165, 1.54) is 16.8 Å². The molecule has 0 saturated heterocycles. The fraction of sp³-hybridized carbons (Fsp3) is 0.143. The van der Waals surface area contributed by atoms with Crippen LogP contribution in [0.1, 0.15) is 28.4 Å². The van der Waals surface area contributed by atoms with E-state index in [4.69, 9.17) is 17.3 Å². The van der Waals surface area contributed by atoms with Crippen LogP contribution in [0.4, 0.5) is 11.5 Å². The van der Waals surface area contributed by atoms with Gasteiger partial charge in [-0.2, -0.15) is 5.10 Å². The summed E-state index contributed by atoms with van der Waals surface area (Å²) in [7, 11) is 0. The smallest absolute Gasteiger partial charge is 0.249 e. The molecule has 1 aliphatic rings. The third-order valence-electron chi connectivity index (χ3n) is 4.94. The summed E-state index contributed by atoms with van der Waals surface area (Å²) in [6, 6.07) is 12.6. The van der Waals surface area contributed by atoms with Crippen molar-refractivity contribution in [1.82, 2.24) is 9.78 Å². The van der Waals surface area contributed by atoms with Crippen LogP contribution in [0, 0.1) is 6.92 Å². The molecule has 0 radical (unpaired) electrons. The molecular weight excluding hydrogens is 406 g/mol. The van der Waals surface area contributed by atoms with Crippen molar-refractivity contribution in [3.8, 4) is 11.3 Å². The molecule has 0 fully saturated rings. The van der Waals surface area contributed by atoms with Crippen molar-refractivity contribution in [3.63, 3.8) is 0 Å². The van der Waals surface area contributed by atoms with E-state index in [1.807, 2.05) is 19.1 Å². The maximum Gasteiger partial charge on any atom is 0.249 e. The van der Waals surface area contributed by atoms with Crippen LogP contribution in [0.2, 0.25) is 5.02 Å². The number of carbonyl (C=O) groups excluding carboxylic acids is 3. The first-order chi connectivity index (χ1) is 14.3. The molecule has 8 nitrogen and oxygen atoms in total. The van der Waals surface area contributed by atoms with Gasteiger partial charge in [-0.3, -0.25) is 14.4 Å². The second kappa shape index (κ2) is 7.64. The highest BCUT2D eigenvalue weighted by Crippen LogP contribution is 2.34. The van der Waals surface area contributed by atoms with E-state index >= 15 is 0 Å². The van der Waals surface area contributed by atoms with E-state index in [2.05, 4.69) is 15.7 Å². The van der Waals surface area contributed by atoms with Crippen molar-refractivity contribution < 1.29 is 14.4 Å². The van der Waals surface area contributed by atoms with E-state index < -0.39 is 11.9 Å². The zero-order chi connectivity index (χ0) is 21.4. The van der Waals surface area contributed by atoms with Gasteiger partial charge in [0.25, 0.3) is 0 Å². The minimum atomic E-state index is -0.815. The quantitative estimate of drug-likeness (QED) is 0.597. The number of amides is 3. The van der Waals surface area contributed by atoms with Crippen LogP contribution in [0.15, 0.2) is 48.5 Å². The van der Waals surface area contributed by atoms with Gasteiger partial charge in [0, 0.05) is 27.4 Å². The van der Waals surface area contributed by atoms with Crippen molar-refractivity contribution in [3.05, 3.63) is 64.7 Å². The van der Waals surface area contributed by atoms with E-state index in [0.29, 0.717) is 27.8 Å². The molecule has 3 aromatic rings. The summed E-state index contributed by atoms with van der Waals surface area (Å²) in [6.45, 7) is 1.84. The Labute approximate surface area is 177 Å². The zero-order valence-corrected chi connectivity index (χ0v) is 16.7. The van der Waals surface area contributed by atoms with Crippen LogP contribution in [0.3, 0.4) is 0 Å². The molecule has 0 saturated carbocycles. The SMILES string of the molecule is Cc1c(-c2ccc(Cl)cc2)nn2c1NC(=O)C[C@H]2C(=O)Nc1ccc(C(N)=O)cc1. The Morgan fingerprint density at radius 1 is 1.17 bits per heavy atom. The number of aromatic nitrogens is 2. The minimum Gasteiger partial charge on any atom is -0.366 e. The number of fused-ring (bicyclic) bond motifs is 1. The molecule has 0 unspecified atom stereocenters. The third-order valence-corrected chi connectivity index (χ3v) is 5.19. The molecule has 4 N–H and O–H groups in total. The van der Waals surface area contributed by atoms with Gasteiger partial charge in [0.15, 0.2) is 0 Å². The number of nitrogens with two attached hydrogens (primary N) is 1. The lowest BCUT2D eigenvalue weighted by Gasteiger charge is -2.24. The summed E-state index contributed by atoms with van der Waals surface area (Å²) in [5.41, 5.74) is 8.30. The molecule has 0 aliphatic carbocycles. The topological polar surface area (TPSA) is 119 Å². The van der Waals surface area contributed by atoms with Gasteiger partial charge in [-0.1, -0.05) is 23.7 Å². The van der Waals surface area contributed by atoms with Crippen molar-refractivity contribution >= 4 is 40.8 Å². The first-order valence-electron chi connectivity index (χ1n) is 9.19. The Balaban J connectivity index is 1.65. The Hall–Kier alpha value is -3.65. The van der Waals surface area contributed by atoms with Crippen LogP contribution in [0.5, 0.6) is 0 Å². The van der Waals surface area contributed by atoms with Crippen LogP contribution >= 0.6 is 11.6 Å². The average molecular weight is 424 g/mol. The molecule has 0 spiro atoms. The molecule has 30 heavy (non-hydrogen) atoms. The van der Waals surface area contributed by atoms with Crippen LogP contribution in [0.25, 0.3) is 11.3 Å². The Morgan fingerprint density at radius 2 is 1.83 bits per heavy atom. The van der Waals surface area contributed by atoms with Gasteiger partial charge in [-0.05, 0) is 43.3 Å². The molecule has 4 rings (SSSR count). The fourth-order valence-corrected chi connectivity index (χ4v) is 3.49. The average Bonchev–Trinajstić information content (AvgIpc) is 3.05.